The number of amides is 1. The summed E-state index contributed by atoms with van der Waals surface area (Å²) in [5, 5.41) is 14.2. The van der Waals surface area contributed by atoms with Crippen LogP contribution in [0.15, 0.2) is 77.7 Å². The van der Waals surface area contributed by atoms with Crippen molar-refractivity contribution in [2.75, 3.05) is 16.2 Å². The molecule has 0 aliphatic carbocycles. The van der Waals surface area contributed by atoms with Crippen molar-refractivity contribution in [3.05, 3.63) is 94.0 Å². The van der Waals surface area contributed by atoms with Crippen LogP contribution in [0.4, 0.5) is 17.1 Å². The SMILES string of the molecule is Cc1cccc(NC(=O)CN(c2ccccc2[N+](=O)[O-])S(=O)(=O)c2ccccc2)c1C. The minimum Gasteiger partial charge on any atom is -0.324 e. The van der Waals surface area contributed by atoms with Gasteiger partial charge in [-0.2, -0.15) is 0 Å². The Morgan fingerprint density at radius 1 is 0.968 bits per heavy atom. The Labute approximate surface area is 180 Å². The largest absolute Gasteiger partial charge is 0.324 e. The Hall–Kier alpha value is -3.72. The summed E-state index contributed by atoms with van der Waals surface area (Å²) in [6, 6.07) is 18.3. The number of aryl methyl sites for hydroxylation is 1. The van der Waals surface area contributed by atoms with Gasteiger partial charge >= 0.3 is 0 Å². The molecule has 0 spiro atoms. The van der Waals surface area contributed by atoms with E-state index < -0.39 is 33.1 Å². The van der Waals surface area contributed by atoms with Crippen LogP contribution >= 0.6 is 0 Å². The molecule has 1 amide bonds. The van der Waals surface area contributed by atoms with Crippen molar-refractivity contribution in [2.45, 2.75) is 18.7 Å². The highest BCUT2D eigenvalue weighted by Gasteiger charge is 2.32. The first-order valence-electron chi connectivity index (χ1n) is 9.39. The van der Waals surface area contributed by atoms with Crippen molar-refractivity contribution >= 4 is 33.0 Å². The van der Waals surface area contributed by atoms with Gasteiger partial charge in [-0.25, -0.2) is 12.7 Å². The van der Waals surface area contributed by atoms with Crippen LogP contribution in [0.5, 0.6) is 0 Å². The highest BCUT2D eigenvalue weighted by Crippen LogP contribution is 2.32. The molecule has 0 unspecified atom stereocenters. The van der Waals surface area contributed by atoms with E-state index in [1.807, 2.05) is 19.9 Å². The van der Waals surface area contributed by atoms with Crippen molar-refractivity contribution in [3.63, 3.8) is 0 Å². The molecule has 0 radical (unpaired) electrons. The van der Waals surface area contributed by atoms with E-state index in [9.17, 15) is 23.3 Å². The minimum atomic E-state index is -4.25. The monoisotopic (exact) mass is 439 g/mol. The van der Waals surface area contributed by atoms with Crippen LogP contribution in [-0.2, 0) is 14.8 Å². The standard InChI is InChI=1S/C22H21N3O5S/c1-16-9-8-12-19(17(16)2)23-22(26)15-24(20-13-6-7-14-21(20)25(27)28)31(29,30)18-10-4-3-5-11-18/h3-14H,15H2,1-2H3,(H,23,26). The second kappa shape index (κ2) is 8.97. The Bertz CT molecular complexity index is 1230. The molecule has 8 nitrogen and oxygen atoms in total. The summed E-state index contributed by atoms with van der Waals surface area (Å²) < 4.78 is 27.4. The lowest BCUT2D eigenvalue weighted by Gasteiger charge is -2.24. The second-order valence-electron chi connectivity index (χ2n) is 6.87. The molecule has 0 heterocycles. The lowest BCUT2D eigenvalue weighted by atomic mass is 10.1. The fourth-order valence-corrected chi connectivity index (χ4v) is 4.51. The number of hydrogen-bond acceptors (Lipinski definition) is 5. The number of nitrogens with one attached hydrogen (secondary N) is 1. The summed E-state index contributed by atoms with van der Waals surface area (Å²) in [5.74, 6) is -0.619. The Balaban J connectivity index is 2.04. The van der Waals surface area contributed by atoms with Gasteiger partial charge in [-0.3, -0.25) is 14.9 Å². The maximum Gasteiger partial charge on any atom is 0.293 e. The predicted molar refractivity (Wildman–Crippen MR) is 119 cm³/mol. The van der Waals surface area contributed by atoms with Crippen LogP contribution in [0.25, 0.3) is 0 Å². The van der Waals surface area contributed by atoms with Crippen LogP contribution in [0.3, 0.4) is 0 Å². The van der Waals surface area contributed by atoms with Crippen molar-refractivity contribution in [1.29, 1.82) is 0 Å². The predicted octanol–water partition coefficient (Wildman–Crippen LogP) is 4.05. The molecule has 3 rings (SSSR count). The van der Waals surface area contributed by atoms with E-state index in [-0.39, 0.29) is 10.6 Å². The number of para-hydroxylation sites is 2. The molecule has 0 bridgehead atoms. The van der Waals surface area contributed by atoms with E-state index in [1.54, 1.807) is 30.3 Å². The van der Waals surface area contributed by atoms with E-state index in [1.165, 1.54) is 36.4 Å². The van der Waals surface area contributed by atoms with Gasteiger partial charge in [0.25, 0.3) is 15.7 Å². The van der Waals surface area contributed by atoms with Crippen molar-refractivity contribution in [1.82, 2.24) is 0 Å². The quantitative estimate of drug-likeness (QED) is 0.441. The molecule has 0 saturated heterocycles. The lowest BCUT2D eigenvalue weighted by Crippen LogP contribution is -2.38. The van der Waals surface area contributed by atoms with Gasteiger partial charge in [0.15, 0.2) is 0 Å². The van der Waals surface area contributed by atoms with Crippen LogP contribution in [0.1, 0.15) is 11.1 Å². The molecule has 1 N–H and O–H groups in total. The third-order valence-electron chi connectivity index (χ3n) is 4.84. The molecule has 0 aliphatic rings. The number of carbonyl (C=O) groups is 1. The zero-order valence-corrected chi connectivity index (χ0v) is 17.8. The van der Waals surface area contributed by atoms with Gasteiger partial charge in [0.05, 0.1) is 9.82 Å². The first-order chi connectivity index (χ1) is 14.7. The molecule has 0 aliphatic heterocycles. The Morgan fingerprint density at radius 3 is 2.29 bits per heavy atom. The molecule has 9 heteroatoms. The summed E-state index contributed by atoms with van der Waals surface area (Å²) >= 11 is 0. The van der Waals surface area contributed by atoms with E-state index in [2.05, 4.69) is 5.32 Å². The first-order valence-corrected chi connectivity index (χ1v) is 10.8. The van der Waals surface area contributed by atoms with E-state index in [4.69, 9.17) is 0 Å². The van der Waals surface area contributed by atoms with E-state index >= 15 is 0 Å². The summed E-state index contributed by atoms with van der Waals surface area (Å²) in [6.07, 6.45) is 0. The fourth-order valence-electron chi connectivity index (χ4n) is 3.06. The smallest absolute Gasteiger partial charge is 0.293 e. The number of anilines is 2. The van der Waals surface area contributed by atoms with Gasteiger partial charge in [0.2, 0.25) is 5.91 Å². The van der Waals surface area contributed by atoms with Gasteiger partial charge in [0.1, 0.15) is 12.2 Å². The first kappa shape index (κ1) is 22.0. The van der Waals surface area contributed by atoms with Gasteiger partial charge in [0, 0.05) is 11.8 Å². The van der Waals surface area contributed by atoms with Gasteiger partial charge in [-0.05, 0) is 49.2 Å². The Morgan fingerprint density at radius 2 is 1.61 bits per heavy atom. The number of nitro benzene ring substituents is 1. The molecule has 0 saturated carbocycles. The number of sulfonamides is 1. The summed E-state index contributed by atoms with van der Waals surface area (Å²) in [4.78, 5) is 23.6. The highest BCUT2D eigenvalue weighted by molar-refractivity contribution is 7.92. The van der Waals surface area contributed by atoms with E-state index in [0.29, 0.717) is 5.69 Å². The number of rotatable bonds is 7. The van der Waals surface area contributed by atoms with Gasteiger partial charge in [-0.15, -0.1) is 0 Å². The molecule has 0 atom stereocenters. The normalized spacial score (nSPS) is 11.0. The van der Waals surface area contributed by atoms with Crippen molar-refractivity contribution in [2.24, 2.45) is 0 Å². The molecular formula is C22H21N3O5S. The number of nitrogens with zero attached hydrogens (tertiary/aromatic N) is 2. The molecule has 3 aromatic rings. The number of nitro groups is 1. The molecule has 31 heavy (non-hydrogen) atoms. The Kier molecular flexibility index (Phi) is 6.36. The zero-order valence-electron chi connectivity index (χ0n) is 17.0. The average Bonchev–Trinajstić information content (AvgIpc) is 2.76. The van der Waals surface area contributed by atoms with Crippen LogP contribution < -0.4 is 9.62 Å². The summed E-state index contributed by atoms with van der Waals surface area (Å²) in [6.45, 7) is 3.10. The van der Waals surface area contributed by atoms with Crippen molar-refractivity contribution < 1.29 is 18.1 Å². The number of hydrogen-bond donors (Lipinski definition) is 1. The van der Waals surface area contributed by atoms with Crippen LogP contribution in [0, 0.1) is 24.0 Å². The molecule has 160 valence electrons. The number of carbonyl (C=O) groups excluding carboxylic acids is 1. The summed E-state index contributed by atoms with van der Waals surface area (Å²) in [7, 11) is -4.25. The van der Waals surface area contributed by atoms with Gasteiger partial charge < -0.3 is 5.32 Å². The lowest BCUT2D eigenvalue weighted by molar-refractivity contribution is -0.384. The molecular weight excluding hydrogens is 418 g/mol. The van der Waals surface area contributed by atoms with Gasteiger partial charge in [-0.1, -0.05) is 42.5 Å². The summed E-state index contributed by atoms with van der Waals surface area (Å²) in [5.41, 5.74) is 1.75. The maximum atomic E-state index is 13.3. The number of benzene rings is 3. The topological polar surface area (TPSA) is 110 Å². The highest BCUT2D eigenvalue weighted by atomic mass is 32.2. The minimum absolute atomic E-state index is 0.0762. The molecule has 0 fully saturated rings. The fraction of sp³-hybridized carbons (Fsp3) is 0.136. The third kappa shape index (κ3) is 4.72. The van der Waals surface area contributed by atoms with E-state index in [0.717, 1.165) is 15.4 Å². The third-order valence-corrected chi connectivity index (χ3v) is 6.62. The second-order valence-corrected chi connectivity index (χ2v) is 8.73. The zero-order chi connectivity index (χ0) is 22.6. The molecule has 0 aromatic heterocycles. The maximum absolute atomic E-state index is 13.3. The van der Waals surface area contributed by atoms with Crippen LogP contribution in [0.2, 0.25) is 0 Å². The molecule has 3 aromatic carbocycles. The van der Waals surface area contributed by atoms with Crippen molar-refractivity contribution in [3.8, 4) is 0 Å². The average molecular weight is 439 g/mol. The van der Waals surface area contributed by atoms with Crippen LogP contribution in [-0.4, -0.2) is 25.8 Å².